The highest BCUT2D eigenvalue weighted by molar-refractivity contribution is 5.66. The number of nitrogens with zero attached hydrogens (tertiary/aromatic N) is 4. The summed E-state index contributed by atoms with van der Waals surface area (Å²) in [5, 5.41) is 22.3. The zero-order valence-corrected chi connectivity index (χ0v) is 13.2. The lowest BCUT2D eigenvalue weighted by Crippen LogP contribution is -2.46. The van der Waals surface area contributed by atoms with E-state index < -0.39 is 15.7 Å². The molecule has 1 aliphatic rings. The zero-order valence-electron chi connectivity index (χ0n) is 13.2. The Labute approximate surface area is 142 Å². The number of nitro benzene ring substituents is 2. The van der Waals surface area contributed by atoms with Gasteiger partial charge in [-0.2, -0.15) is 0 Å². The molecular weight excluding hydrogens is 331 g/mol. The van der Waals surface area contributed by atoms with Crippen molar-refractivity contribution in [3.05, 3.63) is 68.5 Å². The van der Waals surface area contributed by atoms with E-state index in [1.54, 1.807) is 23.1 Å². The minimum Gasteiger partial charge on any atom is -0.362 e. The van der Waals surface area contributed by atoms with Crippen LogP contribution in [0.1, 0.15) is 0 Å². The molecule has 0 unspecified atom stereocenters. The third-order valence-electron chi connectivity index (χ3n) is 4.17. The third-order valence-corrected chi connectivity index (χ3v) is 4.17. The maximum Gasteiger partial charge on any atom is 0.292 e. The normalized spacial score (nSPS) is 14.4. The Kier molecular flexibility index (Phi) is 4.46. The summed E-state index contributed by atoms with van der Waals surface area (Å²) >= 11 is 0. The molecule has 0 spiro atoms. The van der Waals surface area contributed by atoms with Crippen LogP contribution in [-0.2, 0) is 0 Å². The van der Waals surface area contributed by atoms with Gasteiger partial charge in [-0.15, -0.1) is 0 Å². The molecule has 0 aromatic heterocycles. The number of piperazine rings is 1. The molecule has 1 fully saturated rings. The second-order valence-corrected chi connectivity index (χ2v) is 5.61. The predicted molar refractivity (Wildman–Crippen MR) is 90.6 cm³/mol. The van der Waals surface area contributed by atoms with Crippen LogP contribution in [0.25, 0.3) is 0 Å². The lowest BCUT2D eigenvalue weighted by molar-refractivity contribution is -0.384. The number of anilines is 2. The molecule has 0 saturated carbocycles. The first-order valence-corrected chi connectivity index (χ1v) is 7.64. The van der Waals surface area contributed by atoms with Crippen molar-refractivity contribution in [2.24, 2.45) is 0 Å². The van der Waals surface area contributed by atoms with Gasteiger partial charge in [-0.25, -0.2) is 4.39 Å². The van der Waals surface area contributed by atoms with E-state index >= 15 is 0 Å². The van der Waals surface area contributed by atoms with Gasteiger partial charge in [0.25, 0.3) is 11.4 Å². The second-order valence-electron chi connectivity index (χ2n) is 5.61. The molecule has 0 aliphatic carbocycles. The first-order valence-electron chi connectivity index (χ1n) is 7.64. The Balaban J connectivity index is 1.81. The Bertz CT molecular complexity index is 822. The van der Waals surface area contributed by atoms with E-state index in [-0.39, 0.29) is 17.1 Å². The largest absolute Gasteiger partial charge is 0.362 e. The Hall–Kier alpha value is -3.23. The molecule has 0 amide bonds. The zero-order chi connectivity index (χ0) is 18.0. The molecule has 0 radical (unpaired) electrons. The molecule has 1 heterocycles. The van der Waals surface area contributed by atoms with Gasteiger partial charge < -0.3 is 9.80 Å². The first-order chi connectivity index (χ1) is 12.0. The topological polar surface area (TPSA) is 92.8 Å². The highest BCUT2D eigenvalue weighted by atomic mass is 19.1. The SMILES string of the molecule is O=[N+]([O-])c1ccccc1N1CCN(c2cc(F)ccc2[N+](=O)[O-])CC1. The fourth-order valence-corrected chi connectivity index (χ4v) is 2.98. The molecule has 130 valence electrons. The minimum atomic E-state index is -0.540. The van der Waals surface area contributed by atoms with Gasteiger partial charge in [0.05, 0.1) is 9.85 Å². The molecule has 0 atom stereocenters. The summed E-state index contributed by atoms with van der Waals surface area (Å²) in [5.41, 5.74) is 0.612. The van der Waals surface area contributed by atoms with Crippen LogP contribution in [0, 0.1) is 26.0 Å². The maximum absolute atomic E-state index is 13.5. The highest BCUT2D eigenvalue weighted by Gasteiger charge is 2.27. The summed E-state index contributed by atoms with van der Waals surface area (Å²) in [6, 6.07) is 9.82. The number of para-hydroxylation sites is 2. The van der Waals surface area contributed by atoms with Crippen LogP contribution in [0.3, 0.4) is 0 Å². The molecular formula is C16H15FN4O4. The molecule has 2 aromatic carbocycles. The van der Waals surface area contributed by atoms with Crippen LogP contribution in [-0.4, -0.2) is 36.0 Å². The van der Waals surface area contributed by atoms with Crippen LogP contribution >= 0.6 is 0 Å². The second kappa shape index (κ2) is 6.71. The van der Waals surface area contributed by atoms with Gasteiger partial charge in [-0.3, -0.25) is 20.2 Å². The molecule has 1 aliphatic heterocycles. The third kappa shape index (κ3) is 3.35. The number of benzene rings is 2. The average molecular weight is 346 g/mol. The van der Waals surface area contributed by atoms with Gasteiger partial charge in [0.15, 0.2) is 0 Å². The quantitative estimate of drug-likeness (QED) is 0.624. The Morgan fingerprint density at radius 1 is 0.800 bits per heavy atom. The van der Waals surface area contributed by atoms with Crippen LogP contribution in [0.2, 0.25) is 0 Å². The van der Waals surface area contributed by atoms with Gasteiger partial charge in [0, 0.05) is 44.4 Å². The molecule has 2 aromatic rings. The van der Waals surface area contributed by atoms with Gasteiger partial charge in [0.1, 0.15) is 17.2 Å². The predicted octanol–water partition coefficient (Wildman–Crippen LogP) is 2.97. The fraction of sp³-hybridized carbons (Fsp3) is 0.250. The fourth-order valence-electron chi connectivity index (χ4n) is 2.98. The van der Waals surface area contributed by atoms with Crippen LogP contribution in [0.5, 0.6) is 0 Å². The summed E-state index contributed by atoms with van der Waals surface area (Å²) in [6.07, 6.45) is 0. The maximum atomic E-state index is 13.5. The van der Waals surface area contributed by atoms with Crippen LogP contribution in [0.4, 0.5) is 27.1 Å². The van der Waals surface area contributed by atoms with E-state index in [9.17, 15) is 24.6 Å². The van der Waals surface area contributed by atoms with E-state index in [4.69, 9.17) is 0 Å². The molecule has 0 bridgehead atoms. The van der Waals surface area contributed by atoms with Crippen molar-refractivity contribution in [3.8, 4) is 0 Å². The van der Waals surface area contributed by atoms with Crippen LogP contribution < -0.4 is 9.80 Å². The monoisotopic (exact) mass is 346 g/mol. The van der Waals surface area contributed by atoms with Crippen molar-refractivity contribution in [1.82, 2.24) is 0 Å². The van der Waals surface area contributed by atoms with E-state index in [2.05, 4.69) is 0 Å². The van der Waals surface area contributed by atoms with Crippen LogP contribution in [0.15, 0.2) is 42.5 Å². The standard InChI is InChI=1S/C16H15FN4O4/c17-12-5-6-15(21(24)25)16(11-12)19-9-7-18(8-10-19)13-3-1-2-4-14(13)20(22)23/h1-6,11H,7-10H2. The van der Waals surface area contributed by atoms with Crippen molar-refractivity contribution >= 4 is 22.7 Å². The summed E-state index contributed by atoms with van der Waals surface area (Å²) in [5.74, 6) is -0.540. The first kappa shape index (κ1) is 16.6. The van der Waals surface area contributed by atoms with Crippen molar-refractivity contribution in [1.29, 1.82) is 0 Å². The number of nitro groups is 2. The lowest BCUT2D eigenvalue weighted by Gasteiger charge is -2.36. The number of rotatable bonds is 4. The highest BCUT2D eigenvalue weighted by Crippen LogP contribution is 2.32. The Morgan fingerprint density at radius 3 is 1.92 bits per heavy atom. The van der Waals surface area contributed by atoms with Gasteiger partial charge in [-0.05, 0) is 12.1 Å². The minimum absolute atomic E-state index is 0.0210. The van der Waals surface area contributed by atoms with Crippen molar-refractivity contribution < 1.29 is 14.2 Å². The van der Waals surface area contributed by atoms with Gasteiger partial charge >= 0.3 is 0 Å². The van der Waals surface area contributed by atoms with Crippen molar-refractivity contribution in [2.75, 3.05) is 36.0 Å². The molecule has 0 N–H and O–H groups in total. The molecule has 25 heavy (non-hydrogen) atoms. The number of hydrogen-bond acceptors (Lipinski definition) is 6. The molecule has 8 nitrogen and oxygen atoms in total. The molecule has 1 saturated heterocycles. The summed E-state index contributed by atoms with van der Waals surface area (Å²) in [7, 11) is 0. The van der Waals surface area contributed by atoms with Crippen molar-refractivity contribution in [2.45, 2.75) is 0 Å². The van der Waals surface area contributed by atoms with Gasteiger partial charge in [-0.1, -0.05) is 12.1 Å². The summed E-state index contributed by atoms with van der Waals surface area (Å²) in [6.45, 7) is 1.68. The average Bonchev–Trinajstić information content (AvgIpc) is 2.61. The number of halogens is 1. The van der Waals surface area contributed by atoms with Crippen molar-refractivity contribution in [3.63, 3.8) is 0 Å². The smallest absolute Gasteiger partial charge is 0.292 e. The Morgan fingerprint density at radius 2 is 1.32 bits per heavy atom. The number of hydrogen-bond donors (Lipinski definition) is 0. The van der Waals surface area contributed by atoms with Gasteiger partial charge in [0.2, 0.25) is 0 Å². The summed E-state index contributed by atoms with van der Waals surface area (Å²) < 4.78 is 13.5. The van der Waals surface area contributed by atoms with E-state index in [1.807, 2.05) is 4.90 Å². The molecule has 9 heteroatoms. The van der Waals surface area contributed by atoms with E-state index in [0.717, 1.165) is 18.2 Å². The summed E-state index contributed by atoms with van der Waals surface area (Å²) in [4.78, 5) is 24.9. The van der Waals surface area contributed by atoms with E-state index in [0.29, 0.717) is 31.9 Å². The lowest BCUT2D eigenvalue weighted by atomic mass is 10.2. The van der Waals surface area contributed by atoms with E-state index in [1.165, 1.54) is 6.07 Å². The molecule has 3 rings (SSSR count).